The van der Waals surface area contributed by atoms with Gasteiger partial charge in [0.2, 0.25) is 4.96 Å². The van der Waals surface area contributed by atoms with Crippen molar-refractivity contribution in [1.82, 2.24) is 14.6 Å². The van der Waals surface area contributed by atoms with Crippen LogP contribution >= 0.6 is 11.3 Å². The largest absolute Gasteiger partial charge is 0.494 e. The van der Waals surface area contributed by atoms with Crippen LogP contribution in [0.3, 0.4) is 0 Å². The molecule has 0 N–H and O–H groups in total. The van der Waals surface area contributed by atoms with E-state index in [1.165, 1.54) is 28.7 Å². The first kappa shape index (κ1) is 21.8. The molecule has 2 aromatic carbocycles. The lowest BCUT2D eigenvalue weighted by Crippen LogP contribution is -2.23. The van der Waals surface area contributed by atoms with Crippen molar-refractivity contribution in [2.75, 3.05) is 13.2 Å². The maximum Gasteiger partial charge on any atom is 0.291 e. The van der Waals surface area contributed by atoms with Crippen molar-refractivity contribution in [1.29, 1.82) is 0 Å². The quantitative estimate of drug-likeness (QED) is 0.265. The number of thiazole rings is 1. The van der Waals surface area contributed by atoms with Crippen LogP contribution in [0.15, 0.2) is 66.0 Å². The van der Waals surface area contributed by atoms with Crippen molar-refractivity contribution in [2.24, 2.45) is 0 Å². The molecule has 4 rings (SSSR count). The van der Waals surface area contributed by atoms with Gasteiger partial charge in [-0.3, -0.25) is 4.79 Å². The average Bonchev–Trinajstić information content (AvgIpc) is 3.36. The third-order valence-corrected chi connectivity index (χ3v) is 5.82. The Balaban J connectivity index is 1.51. The van der Waals surface area contributed by atoms with Gasteiger partial charge in [0.15, 0.2) is 5.82 Å². The average molecular weight is 448 g/mol. The van der Waals surface area contributed by atoms with Crippen LogP contribution in [-0.2, 0) is 0 Å². The summed E-state index contributed by atoms with van der Waals surface area (Å²) in [6.45, 7) is 6.98. The van der Waals surface area contributed by atoms with Crippen molar-refractivity contribution in [3.05, 3.63) is 81.6 Å². The molecule has 6 nitrogen and oxygen atoms in total. The van der Waals surface area contributed by atoms with Gasteiger partial charge in [-0.1, -0.05) is 55.9 Å². The topological polar surface area (TPSA) is 65.7 Å². The summed E-state index contributed by atoms with van der Waals surface area (Å²) < 4.78 is 13.2. The molecule has 0 aliphatic heterocycles. The highest BCUT2D eigenvalue weighted by molar-refractivity contribution is 7.15. The third-order valence-electron chi connectivity index (χ3n) is 4.86. The fraction of sp³-hybridized carbons (Fsp3) is 0.240. The summed E-state index contributed by atoms with van der Waals surface area (Å²) in [5, 5.41) is 4.42. The van der Waals surface area contributed by atoms with E-state index in [2.05, 4.69) is 23.6 Å². The summed E-state index contributed by atoms with van der Waals surface area (Å²) in [7, 11) is 0. The molecule has 0 aliphatic rings. The van der Waals surface area contributed by atoms with Crippen molar-refractivity contribution in [3.8, 4) is 22.9 Å². The number of unbranched alkanes of at least 4 members (excludes halogenated alkanes) is 2. The molecule has 0 fully saturated rings. The summed E-state index contributed by atoms with van der Waals surface area (Å²) in [6.07, 6.45) is 6.92. The number of hydrogen-bond acceptors (Lipinski definition) is 6. The lowest BCUT2D eigenvalue weighted by Gasteiger charge is -2.05. The minimum Gasteiger partial charge on any atom is -0.494 e. The maximum atomic E-state index is 12.8. The van der Waals surface area contributed by atoms with Gasteiger partial charge in [0.25, 0.3) is 5.56 Å². The maximum absolute atomic E-state index is 12.8. The number of rotatable bonds is 10. The number of benzene rings is 2. The second-order valence-corrected chi connectivity index (χ2v) is 8.30. The van der Waals surface area contributed by atoms with Gasteiger partial charge in [-0.05, 0) is 54.5 Å². The number of nitrogens with zero attached hydrogens (tertiary/aromatic N) is 3. The first-order valence-electron chi connectivity index (χ1n) is 10.7. The van der Waals surface area contributed by atoms with E-state index in [-0.39, 0.29) is 5.56 Å². The predicted octanol–water partition coefficient (Wildman–Crippen LogP) is 4.50. The normalized spacial score (nSPS) is 11.7. The van der Waals surface area contributed by atoms with Crippen molar-refractivity contribution < 1.29 is 9.47 Å². The van der Waals surface area contributed by atoms with Crippen LogP contribution in [-0.4, -0.2) is 27.8 Å². The molecule has 2 aromatic heterocycles. The number of ether oxygens (including phenoxy) is 2. The molecule has 0 unspecified atom stereocenters. The second kappa shape index (κ2) is 10.2. The molecule has 0 bridgehead atoms. The van der Waals surface area contributed by atoms with Gasteiger partial charge in [-0.15, -0.1) is 5.10 Å². The van der Waals surface area contributed by atoms with Gasteiger partial charge in [-0.25, -0.2) is 0 Å². The molecule has 2 heterocycles. The van der Waals surface area contributed by atoms with Gasteiger partial charge in [-0.2, -0.15) is 9.50 Å². The Morgan fingerprint density at radius 1 is 1.03 bits per heavy atom. The van der Waals surface area contributed by atoms with Crippen molar-refractivity contribution in [3.63, 3.8) is 0 Å². The van der Waals surface area contributed by atoms with E-state index >= 15 is 0 Å². The predicted molar refractivity (Wildman–Crippen MR) is 129 cm³/mol. The van der Waals surface area contributed by atoms with Crippen LogP contribution in [0.2, 0.25) is 0 Å². The van der Waals surface area contributed by atoms with E-state index < -0.39 is 0 Å². The summed E-state index contributed by atoms with van der Waals surface area (Å²) in [4.78, 5) is 17.9. The first-order valence-corrected chi connectivity index (χ1v) is 11.5. The lowest BCUT2D eigenvalue weighted by atomic mass is 10.2. The van der Waals surface area contributed by atoms with E-state index in [9.17, 15) is 4.79 Å². The summed E-state index contributed by atoms with van der Waals surface area (Å²) in [6, 6.07) is 15.2. The van der Waals surface area contributed by atoms with Crippen LogP contribution in [0.5, 0.6) is 11.5 Å². The zero-order valence-corrected chi connectivity index (χ0v) is 18.8. The van der Waals surface area contributed by atoms with Crippen molar-refractivity contribution >= 4 is 22.4 Å². The molecule has 32 heavy (non-hydrogen) atoms. The van der Waals surface area contributed by atoms with E-state index in [4.69, 9.17) is 9.47 Å². The zero-order valence-electron chi connectivity index (χ0n) is 18.0. The molecular weight excluding hydrogens is 422 g/mol. The minimum atomic E-state index is -0.174. The Hall–Kier alpha value is -3.45. The van der Waals surface area contributed by atoms with Gasteiger partial charge in [0.1, 0.15) is 18.1 Å². The van der Waals surface area contributed by atoms with Gasteiger partial charge in [0.05, 0.1) is 11.1 Å². The van der Waals surface area contributed by atoms with E-state index in [1.807, 2.05) is 54.6 Å². The molecule has 0 saturated carbocycles. The Morgan fingerprint density at radius 2 is 1.75 bits per heavy atom. The molecule has 164 valence electrons. The molecule has 7 heteroatoms. The third kappa shape index (κ3) is 5.06. The minimum absolute atomic E-state index is 0.174. The van der Waals surface area contributed by atoms with Crippen LogP contribution in [0, 0.1) is 0 Å². The number of aromatic nitrogens is 3. The van der Waals surface area contributed by atoms with Gasteiger partial charge < -0.3 is 9.47 Å². The number of fused-ring (bicyclic) bond motifs is 1. The highest BCUT2D eigenvalue weighted by atomic mass is 32.1. The Labute approximate surface area is 190 Å². The van der Waals surface area contributed by atoms with Gasteiger partial charge in [0, 0.05) is 5.56 Å². The zero-order chi connectivity index (χ0) is 22.3. The molecule has 0 amide bonds. The highest BCUT2D eigenvalue weighted by Crippen LogP contribution is 2.21. The fourth-order valence-electron chi connectivity index (χ4n) is 3.17. The number of hydrogen-bond donors (Lipinski definition) is 0. The summed E-state index contributed by atoms with van der Waals surface area (Å²) in [5.74, 6) is 2.11. The highest BCUT2D eigenvalue weighted by Gasteiger charge is 2.12. The van der Waals surface area contributed by atoms with Gasteiger partial charge >= 0.3 is 0 Å². The van der Waals surface area contributed by atoms with E-state index in [0.29, 0.717) is 21.9 Å². The Kier molecular flexibility index (Phi) is 6.97. The molecule has 0 spiro atoms. The molecular formula is C25H25N3O3S. The summed E-state index contributed by atoms with van der Waals surface area (Å²) >= 11 is 1.32. The Bertz CT molecular complexity index is 1290. The standard InChI is InChI=1S/C25H25N3O3S/c1-3-5-6-16-31-21-13-9-19(10-14-21)23-26-25-28(27-23)24(29)22(32-25)17-18-7-11-20(12-8-18)30-15-4-2/h4,7-14,17H,2-3,5-6,15-16H2,1H3/b22-17-. The van der Waals surface area contributed by atoms with Crippen LogP contribution < -0.4 is 19.6 Å². The summed E-state index contributed by atoms with van der Waals surface area (Å²) in [5.41, 5.74) is 1.58. The molecule has 0 radical (unpaired) electrons. The van der Waals surface area contributed by atoms with Crippen LogP contribution in [0.25, 0.3) is 22.4 Å². The smallest absolute Gasteiger partial charge is 0.291 e. The van der Waals surface area contributed by atoms with E-state index in [1.54, 1.807) is 6.08 Å². The Morgan fingerprint density at radius 3 is 2.44 bits per heavy atom. The fourth-order valence-corrected chi connectivity index (χ4v) is 4.07. The molecule has 0 atom stereocenters. The van der Waals surface area contributed by atoms with Crippen LogP contribution in [0.1, 0.15) is 31.7 Å². The second-order valence-electron chi connectivity index (χ2n) is 7.29. The van der Waals surface area contributed by atoms with Crippen LogP contribution in [0.4, 0.5) is 0 Å². The molecule has 0 saturated heterocycles. The van der Waals surface area contributed by atoms with E-state index in [0.717, 1.165) is 35.7 Å². The first-order chi connectivity index (χ1) is 15.7. The SMILES string of the molecule is C=CCOc1ccc(/C=c2\sc3nc(-c4ccc(OCCCCC)cc4)nn3c2=O)cc1. The molecule has 0 aliphatic carbocycles. The molecule has 4 aromatic rings. The monoisotopic (exact) mass is 447 g/mol. The van der Waals surface area contributed by atoms with Crippen molar-refractivity contribution in [2.45, 2.75) is 26.2 Å². The lowest BCUT2D eigenvalue weighted by molar-refractivity contribution is 0.306.